The number of thioether (sulfide) groups is 1. The molecular weight excluding hydrogens is 278 g/mol. The molecule has 3 nitrogen and oxygen atoms in total. The number of aryl methyl sites for hydroxylation is 1. The summed E-state index contributed by atoms with van der Waals surface area (Å²) in [7, 11) is 2.02. The summed E-state index contributed by atoms with van der Waals surface area (Å²) in [4.78, 5) is 5.54. The van der Waals surface area contributed by atoms with Crippen molar-refractivity contribution in [2.45, 2.75) is 17.9 Å². The Bertz CT molecular complexity index is 527. The van der Waals surface area contributed by atoms with E-state index in [4.69, 9.17) is 11.6 Å². The van der Waals surface area contributed by atoms with Crippen molar-refractivity contribution in [2.24, 2.45) is 7.05 Å². The number of benzene rings is 1. The molecule has 0 saturated carbocycles. The summed E-state index contributed by atoms with van der Waals surface area (Å²) in [5.74, 6) is 1.96. The molecule has 0 bridgehead atoms. The topological polar surface area (TPSA) is 29.9 Å². The van der Waals surface area contributed by atoms with Gasteiger partial charge in [-0.25, -0.2) is 4.98 Å². The third kappa shape index (κ3) is 3.75. The predicted molar refractivity (Wildman–Crippen MR) is 81.8 cm³/mol. The molecule has 102 valence electrons. The summed E-state index contributed by atoms with van der Waals surface area (Å²) in [5.41, 5.74) is 0. The van der Waals surface area contributed by atoms with Crippen LogP contribution in [0.15, 0.2) is 41.6 Å². The SMILES string of the molecule is CCNC(CSc1ccccc1Cl)c1nccn1C. The van der Waals surface area contributed by atoms with Gasteiger partial charge in [-0.1, -0.05) is 30.7 Å². The third-order valence-corrected chi connectivity index (χ3v) is 4.47. The highest BCUT2D eigenvalue weighted by Crippen LogP contribution is 2.29. The predicted octanol–water partition coefficient (Wildman–Crippen LogP) is 3.52. The highest BCUT2D eigenvalue weighted by atomic mass is 35.5. The summed E-state index contributed by atoms with van der Waals surface area (Å²) in [5, 5.41) is 4.28. The average Bonchev–Trinajstić information content (AvgIpc) is 2.82. The first-order chi connectivity index (χ1) is 9.22. The second-order valence-corrected chi connectivity index (χ2v) is 5.72. The highest BCUT2D eigenvalue weighted by molar-refractivity contribution is 7.99. The van der Waals surface area contributed by atoms with Crippen LogP contribution in [0.1, 0.15) is 18.8 Å². The van der Waals surface area contributed by atoms with Crippen LogP contribution in [0.3, 0.4) is 0 Å². The molecule has 0 aliphatic carbocycles. The minimum absolute atomic E-state index is 0.228. The zero-order valence-corrected chi connectivity index (χ0v) is 12.7. The van der Waals surface area contributed by atoms with Crippen LogP contribution < -0.4 is 5.32 Å². The molecule has 0 fully saturated rings. The van der Waals surface area contributed by atoms with Crippen molar-refractivity contribution in [1.29, 1.82) is 0 Å². The molecule has 0 saturated heterocycles. The number of aromatic nitrogens is 2. The van der Waals surface area contributed by atoms with E-state index in [1.165, 1.54) is 0 Å². The molecule has 0 radical (unpaired) electrons. The number of hydrogen-bond donors (Lipinski definition) is 1. The van der Waals surface area contributed by atoms with Crippen molar-refractivity contribution in [2.75, 3.05) is 12.3 Å². The number of nitrogens with zero attached hydrogens (tertiary/aromatic N) is 2. The van der Waals surface area contributed by atoms with Gasteiger partial charge in [-0.2, -0.15) is 0 Å². The first-order valence-corrected chi connectivity index (χ1v) is 7.66. The standard InChI is InChI=1S/C14H18ClN3S/c1-3-16-12(14-17-8-9-18(14)2)10-19-13-7-5-4-6-11(13)15/h4-9,12,16H,3,10H2,1-2H3. The normalized spacial score (nSPS) is 12.6. The summed E-state index contributed by atoms with van der Waals surface area (Å²) < 4.78 is 2.06. The molecule has 0 amide bonds. The van der Waals surface area contributed by atoms with Crippen LogP contribution in [0.25, 0.3) is 0 Å². The smallest absolute Gasteiger partial charge is 0.126 e. The van der Waals surface area contributed by atoms with E-state index in [9.17, 15) is 0 Å². The van der Waals surface area contributed by atoms with E-state index in [0.29, 0.717) is 0 Å². The molecule has 0 spiro atoms. The molecule has 0 aliphatic heterocycles. The maximum absolute atomic E-state index is 6.18. The highest BCUT2D eigenvalue weighted by Gasteiger charge is 2.15. The Labute approximate surface area is 123 Å². The minimum atomic E-state index is 0.228. The Morgan fingerprint density at radius 1 is 1.42 bits per heavy atom. The second-order valence-electron chi connectivity index (χ2n) is 4.25. The van der Waals surface area contributed by atoms with Gasteiger partial charge in [0.05, 0.1) is 11.1 Å². The maximum Gasteiger partial charge on any atom is 0.126 e. The van der Waals surface area contributed by atoms with Crippen LogP contribution >= 0.6 is 23.4 Å². The lowest BCUT2D eigenvalue weighted by molar-refractivity contribution is 0.555. The lowest BCUT2D eigenvalue weighted by atomic mass is 10.3. The minimum Gasteiger partial charge on any atom is -0.337 e. The fourth-order valence-electron chi connectivity index (χ4n) is 1.92. The number of imidazole rings is 1. The average molecular weight is 296 g/mol. The van der Waals surface area contributed by atoms with E-state index in [-0.39, 0.29) is 6.04 Å². The Morgan fingerprint density at radius 2 is 2.21 bits per heavy atom. The molecular formula is C14H18ClN3S. The van der Waals surface area contributed by atoms with Crippen molar-refractivity contribution in [3.8, 4) is 0 Å². The van der Waals surface area contributed by atoms with Crippen LogP contribution in [-0.4, -0.2) is 21.8 Å². The molecule has 1 atom stereocenters. The first-order valence-electron chi connectivity index (χ1n) is 6.30. The van der Waals surface area contributed by atoms with Crippen LogP contribution in [0.5, 0.6) is 0 Å². The van der Waals surface area contributed by atoms with Crippen molar-refractivity contribution < 1.29 is 0 Å². The van der Waals surface area contributed by atoms with Gasteiger partial charge in [0, 0.05) is 30.1 Å². The van der Waals surface area contributed by atoms with Crippen LogP contribution in [0, 0.1) is 0 Å². The van der Waals surface area contributed by atoms with Crippen molar-refractivity contribution in [3.05, 3.63) is 47.5 Å². The fourth-order valence-corrected chi connectivity index (χ4v) is 3.21. The second kappa shape index (κ2) is 6.98. The van der Waals surface area contributed by atoms with Gasteiger partial charge < -0.3 is 9.88 Å². The fraction of sp³-hybridized carbons (Fsp3) is 0.357. The van der Waals surface area contributed by atoms with Crippen molar-refractivity contribution in [1.82, 2.24) is 14.9 Å². The van der Waals surface area contributed by atoms with E-state index >= 15 is 0 Å². The molecule has 5 heteroatoms. The van der Waals surface area contributed by atoms with Gasteiger partial charge in [-0.05, 0) is 18.7 Å². The monoisotopic (exact) mass is 295 g/mol. The van der Waals surface area contributed by atoms with E-state index < -0.39 is 0 Å². The molecule has 2 aromatic rings. The molecule has 1 N–H and O–H groups in total. The van der Waals surface area contributed by atoms with Gasteiger partial charge in [0.25, 0.3) is 0 Å². The van der Waals surface area contributed by atoms with E-state index in [2.05, 4.69) is 27.9 Å². The zero-order valence-electron chi connectivity index (χ0n) is 11.1. The lowest BCUT2D eigenvalue weighted by Crippen LogP contribution is -2.25. The van der Waals surface area contributed by atoms with E-state index in [0.717, 1.165) is 28.0 Å². The van der Waals surface area contributed by atoms with E-state index in [1.807, 2.05) is 37.6 Å². The first kappa shape index (κ1) is 14.4. The summed E-state index contributed by atoms with van der Waals surface area (Å²) in [6, 6.07) is 8.16. The van der Waals surface area contributed by atoms with Crippen molar-refractivity contribution in [3.63, 3.8) is 0 Å². The number of nitrogens with one attached hydrogen (secondary N) is 1. The molecule has 1 unspecified atom stereocenters. The molecule has 1 heterocycles. The molecule has 1 aromatic heterocycles. The van der Waals surface area contributed by atoms with Gasteiger partial charge in [-0.3, -0.25) is 0 Å². The quantitative estimate of drug-likeness (QED) is 0.827. The number of hydrogen-bond acceptors (Lipinski definition) is 3. The van der Waals surface area contributed by atoms with Gasteiger partial charge in [0.2, 0.25) is 0 Å². The van der Waals surface area contributed by atoms with Crippen LogP contribution in [0.4, 0.5) is 0 Å². The summed E-state index contributed by atoms with van der Waals surface area (Å²) >= 11 is 7.93. The Balaban J connectivity index is 2.06. The van der Waals surface area contributed by atoms with Gasteiger partial charge in [0.15, 0.2) is 0 Å². The lowest BCUT2D eigenvalue weighted by Gasteiger charge is -2.17. The molecule has 0 aliphatic rings. The number of halogens is 1. The molecule has 1 aromatic carbocycles. The van der Waals surface area contributed by atoms with Crippen LogP contribution in [0.2, 0.25) is 5.02 Å². The number of rotatable bonds is 6. The van der Waals surface area contributed by atoms with Crippen LogP contribution in [-0.2, 0) is 7.05 Å². The molecule has 2 rings (SSSR count). The van der Waals surface area contributed by atoms with Crippen molar-refractivity contribution >= 4 is 23.4 Å². The Hall–Kier alpha value is -0.970. The van der Waals surface area contributed by atoms with E-state index in [1.54, 1.807) is 11.8 Å². The third-order valence-electron chi connectivity index (χ3n) is 2.86. The van der Waals surface area contributed by atoms with Gasteiger partial charge in [-0.15, -0.1) is 11.8 Å². The summed E-state index contributed by atoms with van der Waals surface area (Å²) in [6.45, 7) is 3.02. The zero-order chi connectivity index (χ0) is 13.7. The maximum atomic E-state index is 6.18. The summed E-state index contributed by atoms with van der Waals surface area (Å²) in [6.07, 6.45) is 3.81. The van der Waals surface area contributed by atoms with Gasteiger partial charge in [0.1, 0.15) is 5.82 Å². The Kier molecular flexibility index (Phi) is 5.31. The van der Waals surface area contributed by atoms with Gasteiger partial charge >= 0.3 is 0 Å². The largest absolute Gasteiger partial charge is 0.337 e. The Morgan fingerprint density at radius 3 is 2.84 bits per heavy atom. The molecule has 19 heavy (non-hydrogen) atoms.